The summed E-state index contributed by atoms with van der Waals surface area (Å²) in [6, 6.07) is 16.4. The fraction of sp³-hybridized carbons (Fsp3) is 0.136. The minimum atomic E-state index is -2.39. The molecular formula is C22H20N3O5S-. The lowest BCUT2D eigenvalue weighted by Gasteiger charge is -2.15. The van der Waals surface area contributed by atoms with Crippen molar-refractivity contribution in [3.63, 3.8) is 0 Å². The van der Waals surface area contributed by atoms with Gasteiger partial charge in [0, 0.05) is 53.3 Å². The van der Waals surface area contributed by atoms with Crippen LogP contribution < -0.4 is 15.0 Å². The molecule has 2 heterocycles. The number of para-hydroxylation sites is 1. The van der Waals surface area contributed by atoms with Crippen LogP contribution in [0.15, 0.2) is 65.6 Å². The number of aromatic amines is 1. The summed E-state index contributed by atoms with van der Waals surface area (Å²) in [7, 11) is 1.65. The van der Waals surface area contributed by atoms with Crippen LogP contribution in [-0.4, -0.2) is 23.4 Å². The summed E-state index contributed by atoms with van der Waals surface area (Å²) >= 11 is -2.39. The molecule has 3 N–H and O–H groups in total. The van der Waals surface area contributed by atoms with E-state index in [1.807, 2.05) is 36.4 Å². The minimum Gasteiger partial charge on any atom is -0.760 e. The fourth-order valence-electron chi connectivity index (χ4n) is 3.43. The van der Waals surface area contributed by atoms with Gasteiger partial charge >= 0.3 is 0 Å². The molecule has 0 aliphatic carbocycles. The number of hydrogen-bond donors (Lipinski definition) is 3. The molecule has 8 nitrogen and oxygen atoms in total. The fourth-order valence-corrected chi connectivity index (χ4v) is 3.72. The van der Waals surface area contributed by atoms with E-state index in [-0.39, 0.29) is 18.7 Å². The summed E-state index contributed by atoms with van der Waals surface area (Å²) in [5.74, 6) is 1.19. The molecule has 0 bridgehead atoms. The van der Waals surface area contributed by atoms with Crippen LogP contribution in [0.5, 0.6) is 11.5 Å². The Kier molecular flexibility index (Phi) is 6.01. The smallest absolute Gasteiger partial charge is 0.274 e. The van der Waals surface area contributed by atoms with E-state index in [4.69, 9.17) is 4.74 Å². The van der Waals surface area contributed by atoms with Crippen LogP contribution in [0.25, 0.3) is 22.0 Å². The monoisotopic (exact) mass is 438 g/mol. The van der Waals surface area contributed by atoms with Gasteiger partial charge in [-0.15, -0.1) is 0 Å². The third-order valence-corrected chi connectivity index (χ3v) is 5.27. The zero-order valence-corrected chi connectivity index (χ0v) is 17.4. The second kappa shape index (κ2) is 8.86. The molecule has 0 aliphatic heterocycles. The number of benzene rings is 2. The molecule has 1 atom stereocenters. The van der Waals surface area contributed by atoms with Gasteiger partial charge in [-0.25, -0.2) is 4.72 Å². The first-order valence-corrected chi connectivity index (χ1v) is 10.5. The van der Waals surface area contributed by atoms with Crippen LogP contribution in [0.3, 0.4) is 0 Å². The molecule has 0 fully saturated rings. The molecule has 0 saturated carbocycles. The van der Waals surface area contributed by atoms with Gasteiger partial charge in [-0.3, -0.25) is 9.00 Å². The highest BCUT2D eigenvalue weighted by Gasteiger charge is 2.17. The van der Waals surface area contributed by atoms with Gasteiger partial charge in [0.15, 0.2) is 0 Å². The van der Waals surface area contributed by atoms with Crippen molar-refractivity contribution in [2.75, 3.05) is 0 Å². The van der Waals surface area contributed by atoms with Crippen molar-refractivity contribution >= 4 is 22.2 Å². The Bertz CT molecular complexity index is 1310. The van der Waals surface area contributed by atoms with Gasteiger partial charge in [-0.1, -0.05) is 24.3 Å². The van der Waals surface area contributed by atoms with Crippen LogP contribution in [0.1, 0.15) is 11.3 Å². The van der Waals surface area contributed by atoms with Crippen LogP contribution in [-0.2, 0) is 31.5 Å². The lowest BCUT2D eigenvalue weighted by atomic mass is 10.00. The number of aliphatic hydroxyl groups excluding tert-OH is 1. The molecule has 0 spiro atoms. The lowest BCUT2D eigenvalue weighted by Crippen LogP contribution is -2.17. The molecule has 0 amide bonds. The van der Waals surface area contributed by atoms with Crippen molar-refractivity contribution in [1.29, 1.82) is 0 Å². The van der Waals surface area contributed by atoms with Crippen molar-refractivity contribution in [2.45, 2.75) is 13.2 Å². The number of aromatic nitrogens is 2. The van der Waals surface area contributed by atoms with E-state index in [0.717, 1.165) is 5.56 Å². The second-order valence-corrected chi connectivity index (χ2v) is 7.76. The van der Waals surface area contributed by atoms with Crippen molar-refractivity contribution in [1.82, 2.24) is 14.3 Å². The van der Waals surface area contributed by atoms with E-state index in [1.54, 1.807) is 31.4 Å². The molecule has 31 heavy (non-hydrogen) atoms. The third kappa shape index (κ3) is 4.44. The number of aryl methyl sites for hydroxylation is 1. The number of nitrogens with one attached hydrogen (secondary N) is 2. The quantitative estimate of drug-likeness (QED) is 0.383. The Morgan fingerprint density at radius 2 is 1.94 bits per heavy atom. The molecule has 1 unspecified atom stereocenters. The Hall–Kier alpha value is -3.24. The Balaban J connectivity index is 1.91. The van der Waals surface area contributed by atoms with Crippen molar-refractivity contribution < 1.29 is 18.6 Å². The van der Waals surface area contributed by atoms with Gasteiger partial charge in [0.2, 0.25) is 0 Å². The van der Waals surface area contributed by atoms with E-state index < -0.39 is 11.3 Å². The Morgan fingerprint density at radius 3 is 2.65 bits per heavy atom. The van der Waals surface area contributed by atoms with E-state index in [9.17, 15) is 18.7 Å². The molecule has 0 saturated heterocycles. The summed E-state index contributed by atoms with van der Waals surface area (Å²) in [6.45, 7) is -0.122. The van der Waals surface area contributed by atoms with E-state index in [1.165, 1.54) is 4.57 Å². The molecule has 160 valence electrons. The minimum absolute atomic E-state index is 0.110. The number of H-pyrrole nitrogens is 1. The first kappa shape index (κ1) is 21.0. The van der Waals surface area contributed by atoms with Crippen molar-refractivity contribution in [2.24, 2.45) is 7.05 Å². The summed E-state index contributed by atoms with van der Waals surface area (Å²) in [6.07, 6.45) is 1.70. The lowest BCUT2D eigenvalue weighted by molar-refractivity contribution is 0.278. The number of aliphatic hydroxyl groups is 1. The summed E-state index contributed by atoms with van der Waals surface area (Å²) in [5.41, 5.74) is 2.79. The van der Waals surface area contributed by atoms with Gasteiger partial charge in [0.25, 0.3) is 5.56 Å². The van der Waals surface area contributed by atoms with Crippen LogP contribution in [0.2, 0.25) is 0 Å². The van der Waals surface area contributed by atoms with E-state index in [0.29, 0.717) is 39.2 Å². The van der Waals surface area contributed by atoms with Crippen LogP contribution >= 0.6 is 0 Å². The summed E-state index contributed by atoms with van der Waals surface area (Å²) < 4.78 is 31.8. The predicted octanol–water partition coefficient (Wildman–Crippen LogP) is 2.70. The van der Waals surface area contributed by atoms with Gasteiger partial charge in [-0.2, -0.15) is 0 Å². The molecule has 2 aromatic carbocycles. The average Bonchev–Trinajstić information content (AvgIpc) is 3.21. The SMILES string of the molecule is Cn1cc(-c2cc(CNS(=O)[O-])ccc2Oc2ccccc2)c2cc(CO)[nH]c2c1=O. The zero-order valence-electron chi connectivity index (χ0n) is 16.6. The standard InChI is InChI=1S/C22H21N3O5S/c1-25-12-19(18-10-15(13-26)24-21(18)22(25)27)17-9-14(11-23-31(28)29)7-8-20(17)30-16-5-3-2-4-6-16/h2-10,12,23-24,26H,11,13H2,1H3,(H,28,29)/p-1. The maximum Gasteiger partial charge on any atom is 0.274 e. The molecule has 2 aromatic heterocycles. The first-order chi connectivity index (χ1) is 15.0. The average molecular weight is 438 g/mol. The Labute approximate surface area is 180 Å². The zero-order chi connectivity index (χ0) is 22.0. The van der Waals surface area contributed by atoms with Crippen LogP contribution in [0, 0.1) is 0 Å². The highest BCUT2D eigenvalue weighted by molar-refractivity contribution is 7.77. The summed E-state index contributed by atoms with van der Waals surface area (Å²) in [5, 5.41) is 10.2. The highest BCUT2D eigenvalue weighted by Crippen LogP contribution is 2.37. The highest BCUT2D eigenvalue weighted by atomic mass is 32.2. The number of pyridine rings is 1. The topological polar surface area (TPSA) is 119 Å². The van der Waals surface area contributed by atoms with E-state index in [2.05, 4.69) is 9.71 Å². The molecule has 4 rings (SSSR count). The predicted molar refractivity (Wildman–Crippen MR) is 117 cm³/mol. The number of fused-ring (bicyclic) bond motifs is 1. The molecule has 0 aliphatic rings. The first-order valence-electron chi connectivity index (χ1n) is 9.47. The van der Waals surface area contributed by atoms with Gasteiger partial charge < -0.3 is 23.9 Å². The maximum atomic E-state index is 12.6. The van der Waals surface area contributed by atoms with Crippen molar-refractivity contribution in [3.8, 4) is 22.6 Å². The van der Waals surface area contributed by atoms with E-state index >= 15 is 0 Å². The maximum absolute atomic E-state index is 12.6. The molecule has 0 radical (unpaired) electrons. The summed E-state index contributed by atoms with van der Waals surface area (Å²) in [4.78, 5) is 15.6. The van der Waals surface area contributed by atoms with Gasteiger partial charge in [0.05, 0.1) is 6.61 Å². The normalized spacial score (nSPS) is 12.2. The number of rotatable bonds is 7. The number of ether oxygens (including phenoxy) is 1. The largest absolute Gasteiger partial charge is 0.760 e. The molecule has 9 heteroatoms. The van der Waals surface area contributed by atoms with Crippen molar-refractivity contribution in [3.05, 3.63) is 82.4 Å². The van der Waals surface area contributed by atoms with Gasteiger partial charge in [-0.05, 0) is 35.9 Å². The Morgan fingerprint density at radius 1 is 1.16 bits per heavy atom. The number of nitrogens with zero attached hydrogens (tertiary/aromatic N) is 1. The third-order valence-electron chi connectivity index (χ3n) is 4.89. The number of hydrogen-bond acceptors (Lipinski definition) is 5. The molecular weight excluding hydrogens is 418 g/mol. The molecule has 4 aromatic rings. The van der Waals surface area contributed by atoms with Gasteiger partial charge in [0.1, 0.15) is 17.0 Å². The van der Waals surface area contributed by atoms with Crippen LogP contribution in [0.4, 0.5) is 0 Å². The second-order valence-electron chi connectivity index (χ2n) is 7.00.